The van der Waals surface area contributed by atoms with E-state index in [0.717, 1.165) is 19.7 Å². The Kier molecular flexibility index (Phi) is 3.98. The molecule has 3 heteroatoms. The molecule has 1 aliphatic rings. The summed E-state index contributed by atoms with van der Waals surface area (Å²) in [5.41, 5.74) is 0. The molecule has 1 aliphatic heterocycles. The lowest BCUT2D eigenvalue weighted by Crippen LogP contribution is -2.29. The maximum absolute atomic E-state index is 5.06. The number of nitrogens with one attached hydrogen (secondary N) is 1. The summed E-state index contributed by atoms with van der Waals surface area (Å²) in [6.45, 7) is 4.90. The van der Waals surface area contributed by atoms with Crippen LogP contribution >= 0.6 is 0 Å². The number of piperidine rings is 1. The van der Waals surface area contributed by atoms with Crippen molar-refractivity contribution in [1.82, 2.24) is 5.32 Å². The SMILES string of the molecule is C/C=N\OCC1CCNCC1. The molecule has 0 saturated carbocycles. The van der Waals surface area contributed by atoms with Crippen LogP contribution in [0.2, 0.25) is 0 Å². The van der Waals surface area contributed by atoms with Gasteiger partial charge < -0.3 is 10.2 Å². The fourth-order valence-electron chi connectivity index (χ4n) is 1.27. The Bertz CT molecular complexity index is 119. The fourth-order valence-corrected chi connectivity index (χ4v) is 1.27. The highest BCUT2D eigenvalue weighted by atomic mass is 16.6. The maximum atomic E-state index is 5.06. The highest BCUT2D eigenvalue weighted by molar-refractivity contribution is 5.52. The average molecular weight is 156 g/mol. The van der Waals surface area contributed by atoms with E-state index in [2.05, 4.69) is 10.5 Å². The summed E-state index contributed by atoms with van der Waals surface area (Å²) in [5.74, 6) is 0.708. The first-order chi connectivity index (χ1) is 5.43. The molecule has 11 heavy (non-hydrogen) atoms. The van der Waals surface area contributed by atoms with Crippen molar-refractivity contribution in [3.05, 3.63) is 0 Å². The van der Waals surface area contributed by atoms with Crippen LogP contribution in [0.3, 0.4) is 0 Å². The average Bonchev–Trinajstić information content (AvgIpc) is 2.07. The predicted molar refractivity (Wildman–Crippen MR) is 45.7 cm³/mol. The van der Waals surface area contributed by atoms with Gasteiger partial charge in [0, 0.05) is 6.21 Å². The van der Waals surface area contributed by atoms with Gasteiger partial charge in [0.05, 0.1) is 0 Å². The topological polar surface area (TPSA) is 33.6 Å². The van der Waals surface area contributed by atoms with E-state index in [1.807, 2.05) is 6.92 Å². The van der Waals surface area contributed by atoms with Crippen molar-refractivity contribution in [2.45, 2.75) is 19.8 Å². The van der Waals surface area contributed by atoms with E-state index >= 15 is 0 Å². The molecule has 0 aliphatic carbocycles. The summed E-state index contributed by atoms with van der Waals surface area (Å²) in [4.78, 5) is 5.06. The van der Waals surface area contributed by atoms with E-state index in [0.29, 0.717) is 5.92 Å². The monoisotopic (exact) mass is 156 g/mol. The molecule has 0 spiro atoms. The van der Waals surface area contributed by atoms with Crippen LogP contribution in [-0.2, 0) is 4.84 Å². The molecule has 0 radical (unpaired) electrons. The summed E-state index contributed by atoms with van der Waals surface area (Å²) in [6, 6.07) is 0. The summed E-state index contributed by atoms with van der Waals surface area (Å²) in [7, 11) is 0. The van der Waals surface area contributed by atoms with Crippen LogP contribution in [0.4, 0.5) is 0 Å². The maximum Gasteiger partial charge on any atom is 0.120 e. The predicted octanol–water partition coefficient (Wildman–Crippen LogP) is 1.01. The molecule has 1 saturated heterocycles. The van der Waals surface area contributed by atoms with Crippen molar-refractivity contribution in [3.8, 4) is 0 Å². The zero-order valence-electron chi connectivity index (χ0n) is 7.05. The highest BCUT2D eigenvalue weighted by Crippen LogP contribution is 2.11. The van der Waals surface area contributed by atoms with Crippen LogP contribution in [0, 0.1) is 5.92 Å². The molecule has 1 rings (SSSR count). The smallest absolute Gasteiger partial charge is 0.120 e. The van der Waals surface area contributed by atoms with Crippen LogP contribution in [0.5, 0.6) is 0 Å². The number of hydrogen-bond donors (Lipinski definition) is 1. The van der Waals surface area contributed by atoms with Gasteiger partial charge in [0.15, 0.2) is 0 Å². The minimum atomic E-state index is 0.708. The third kappa shape index (κ3) is 3.37. The summed E-state index contributed by atoms with van der Waals surface area (Å²) < 4.78 is 0. The minimum absolute atomic E-state index is 0.708. The molecule has 1 fully saturated rings. The summed E-state index contributed by atoms with van der Waals surface area (Å²) in [6.07, 6.45) is 4.12. The Morgan fingerprint density at radius 2 is 2.27 bits per heavy atom. The zero-order chi connectivity index (χ0) is 7.94. The standard InChI is InChI=1S/C8H16N2O/c1-2-10-11-7-8-3-5-9-6-4-8/h2,8-9H,3-7H2,1H3/b10-2-. The Hall–Kier alpha value is -0.570. The molecular weight excluding hydrogens is 140 g/mol. The minimum Gasteiger partial charge on any atom is -0.396 e. The lowest BCUT2D eigenvalue weighted by Gasteiger charge is -2.20. The van der Waals surface area contributed by atoms with E-state index < -0.39 is 0 Å². The van der Waals surface area contributed by atoms with Gasteiger partial charge in [0.2, 0.25) is 0 Å². The Balaban J connectivity index is 2.04. The Morgan fingerprint density at radius 3 is 2.91 bits per heavy atom. The van der Waals surface area contributed by atoms with Gasteiger partial charge in [-0.25, -0.2) is 0 Å². The first-order valence-electron chi connectivity index (χ1n) is 4.24. The van der Waals surface area contributed by atoms with Crippen LogP contribution in [0.1, 0.15) is 19.8 Å². The van der Waals surface area contributed by atoms with Crippen molar-refractivity contribution >= 4 is 6.21 Å². The second-order valence-electron chi connectivity index (χ2n) is 2.85. The first kappa shape index (κ1) is 8.53. The van der Waals surface area contributed by atoms with Crippen molar-refractivity contribution in [1.29, 1.82) is 0 Å². The van der Waals surface area contributed by atoms with E-state index in [9.17, 15) is 0 Å². The normalized spacial score (nSPS) is 20.8. The first-order valence-corrected chi connectivity index (χ1v) is 4.24. The molecule has 0 bridgehead atoms. The highest BCUT2D eigenvalue weighted by Gasteiger charge is 2.12. The Labute approximate surface area is 67.8 Å². The van der Waals surface area contributed by atoms with Crippen molar-refractivity contribution in [2.75, 3.05) is 19.7 Å². The van der Waals surface area contributed by atoms with Crippen molar-refractivity contribution < 1.29 is 4.84 Å². The third-order valence-electron chi connectivity index (χ3n) is 1.95. The number of oxime groups is 1. The van der Waals surface area contributed by atoms with E-state index in [1.165, 1.54) is 12.8 Å². The molecule has 0 atom stereocenters. The van der Waals surface area contributed by atoms with Crippen molar-refractivity contribution in [3.63, 3.8) is 0 Å². The van der Waals surface area contributed by atoms with Crippen LogP contribution < -0.4 is 5.32 Å². The third-order valence-corrected chi connectivity index (χ3v) is 1.95. The molecule has 1 heterocycles. The molecule has 3 nitrogen and oxygen atoms in total. The quantitative estimate of drug-likeness (QED) is 0.488. The molecule has 0 unspecified atom stereocenters. The molecular formula is C8H16N2O. The fraction of sp³-hybridized carbons (Fsp3) is 0.875. The number of hydrogen-bond acceptors (Lipinski definition) is 3. The van der Waals surface area contributed by atoms with Crippen molar-refractivity contribution in [2.24, 2.45) is 11.1 Å². The van der Waals surface area contributed by atoms with E-state index in [-0.39, 0.29) is 0 Å². The van der Waals surface area contributed by atoms with Gasteiger partial charge in [-0.15, -0.1) is 0 Å². The Morgan fingerprint density at radius 1 is 1.55 bits per heavy atom. The summed E-state index contributed by atoms with van der Waals surface area (Å²) >= 11 is 0. The second kappa shape index (κ2) is 5.13. The molecule has 0 aromatic rings. The molecule has 0 aromatic carbocycles. The second-order valence-corrected chi connectivity index (χ2v) is 2.85. The van der Waals surface area contributed by atoms with Gasteiger partial charge in [-0.2, -0.15) is 0 Å². The van der Waals surface area contributed by atoms with Crippen LogP contribution in [-0.4, -0.2) is 25.9 Å². The van der Waals surface area contributed by atoms with Gasteiger partial charge in [-0.1, -0.05) is 5.16 Å². The summed E-state index contributed by atoms with van der Waals surface area (Å²) in [5, 5.41) is 7.03. The zero-order valence-corrected chi connectivity index (χ0v) is 7.05. The van der Waals surface area contributed by atoms with Crippen LogP contribution in [0.15, 0.2) is 5.16 Å². The lowest BCUT2D eigenvalue weighted by atomic mass is 10.00. The van der Waals surface area contributed by atoms with E-state index in [4.69, 9.17) is 4.84 Å². The van der Waals surface area contributed by atoms with Crippen LogP contribution in [0.25, 0.3) is 0 Å². The number of rotatable bonds is 3. The molecule has 1 N–H and O–H groups in total. The molecule has 64 valence electrons. The van der Waals surface area contributed by atoms with Gasteiger partial charge in [-0.05, 0) is 38.8 Å². The van der Waals surface area contributed by atoms with Gasteiger partial charge in [0.25, 0.3) is 0 Å². The van der Waals surface area contributed by atoms with Gasteiger partial charge in [0.1, 0.15) is 6.61 Å². The number of nitrogens with zero attached hydrogens (tertiary/aromatic N) is 1. The molecule has 0 amide bonds. The van der Waals surface area contributed by atoms with E-state index in [1.54, 1.807) is 6.21 Å². The molecule has 0 aromatic heterocycles. The van der Waals surface area contributed by atoms with Gasteiger partial charge in [-0.3, -0.25) is 0 Å². The lowest BCUT2D eigenvalue weighted by molar-refractivity contribution is 0.0954. The largest absolute Gasteiger partial charge is 0.396 e. The van der Waals surface area contributed by atoms with Gasteiger partial charge >= 0.3 is 0 Å².